The Kier molecular flexibility index (Phi) is 35.8. The van der Waals surface area contributed by atoms with Crippen LogP contribution in [0.15, 0.2) is 0 Å². The van der Waals surface area contributed by atoms with Gasteiger partial charge in [-0.2, -0.15) is 0 Å². The largest absolute Gasteiger partial charge is 0.396 e. The van der Waals surface area contributed by atoms with Crippen LogP contribution in [0.2, 0.25) is 0 Å². The van der Waals surface area contributed by atoms with Crippen molar-refractivity contribution in [3.8, 4) is 0 Å². The van der Waals surface area contributed by atoms with Crippen LogP contribution >= 0.6 is 0 Å². The molecule has 2 heteroatoms. The van der Waals surface area contributed by atoms with E-state index in [2.05, 4.69) is 0 Å². The lowest BCUT2D eigenvalue weighted by Gasteiger charge is -2.05. The predicted octanol–water partition coefficient (Wildman–Crippen LogP) is 11.8. The van der Waals surface area contributed by atoms with Crippen LogP contribution in [0.1, 0.15) is 212 Å². The van der Waals surface area contributed by atoms with Crippen molar-refractivity contribution in [2.45, 2.75) is 212 Å². The van der Waals surface area contributed by atoms with Crippen molar-refractivity contribution < 1.29 is 5.11 Å². The minimum atomic E-state index is 0.373. The van der Waals surface area contributed by atoms with Gasteiger partial charge in [-0.15, -0.1) is 0 Å². The first-order chi connectivity index (χ1) is 18.4. The van der Waals surface area contributed by atoms with Crippen LogP contribution in [0.3, 0.4) is 0 Å². The van der Waals surface area contributed by atoms with E-state index in [-0.39, 0.29) is 0 Å². The first-order valence-corrected chi connectivity index (χ1v) is 17.7. The zero-order valence-corrected chi connectivity index (χ0v) is 25.8. The molecule has 0 bridgehead atoms. The Labute approximate surface area is 235 Å². The molecule has 2 nitrogen and oxygen atoms in total. The Hall–Kier alpha value is -0.0800. The second-order valence-electron chi connectivity index (χ2n) is 12.2. The molecule has 0 saturated heterocycles. The van der Waals surface area contributed by atoms with Crippen LogP contribution in [-0.2, 0) is 0 Å². The van der Waals surface area contributed by atoms with Crippen molar-refractivity contribution in [1.29, 1.82) is 0 Å². The van der Waals surface area contributed by atoms with E-state index < -0.39 is 0 Å². The van der Waals surface area contributed by atoms with E-state index in [1.807, 2.05) is 0 Å². The monoisotopic (exact) mass is 524 g/mol. The second-order valence-corrected chi connectivity index (χ2v) is 12.2. The van der Waals surface area contributed by atoms with E-state index in [1.54, 1.807) is 0 Å². The Morgan fingerprint density at radius 2 is 0.351 bits per heavy atom. The molecule has 0 spiro atoms. The van der Waals surface area contributed by atoms with Gasteiger partial charge in [-0.1, -0.05) is 199 Å². The molecule has 0 atom stereocenters. The van der Waals surface area contributed by atoms with Crippen molar-refractivity contribution >= 4 is 0 Å². The van der Waals surface area contributed by atoms with E-state index in [0.29, 0.717) is 6.61 Å². The molecule has 0 aromatic heterocycles. The number of unbranched alkanes of at least 4 members (excludes halogenated alkanes) is 32. The van der Waals surface area contributed by atoms with Gasteiger partial charge >= 0.3 is 0 Å². The van der Waals surface area contributed by atoms with E-state index in [1.165, 1.54) is 205 Å². The molecule has 0 rings (SSSR count). The summed E-state index contributed by atoms with van der Waals surface area (Å²) in [6, 6.07) is 0. The zero-order valence-electron chi connectivity index (χ0n) is 25.8. The minimum absolute atomic E-state index is 0.373. The molecular formula is C35H73NO. The molecule has 0 aliphatic carbocycles. The van der Waals surface area contributed by atoms with Crippen molar-refractivity contribution in [3.05, 3.63) is 0 Å². The Balaban J connectivity index is 3.00. The van der Waals surface area contributed by atoms with Gasteiger partial charge in [0.25, 0.3) is 0 Å². The summed E-state index contributed by atoms with van der Waals surface area (Å²) in [6.07, 6.45) is 46.9. The summed E-state index contributed by atoms with van der Waals surface area (Å²) >= 11 is 0. The SMILES string of the molecule is NCCCCCCCCCCCCCCCCCCCCCCCCCCCCCCCCCCCO. The lowest BCUT2D eigenvalue weighted by Crippen LogP contribution is -1.97. The summed E-state index contributed by atoms with van der Waals surface area (Å²) in [5.74, 6) is 0. The standard InChI is InChI=1S/C35H73NO/c36-34-32-30-28-26-24-22-20-18-16-14-12-10-8-6-4-2-1-3-5-7-9-11-13-15-17-19-21-23-25-27-29-31-33-35-37/h37H,1-36H2. The number of hydrogen-bond donors (Lipinski definition) is 2. The van der Waals surface area contributed by atoms with Gasteiger partial charge < -0.3 is 10.8 Å². The molecule has 0 heterocycles. The maximum Gasteiger partial charge on any atom is 0.0431 e. The minimum Gasteiger partial charge on any atom is -0.396 e. The lowest BCUT2D eigenvalue weighted by molar-refractivity contribution is 0.282. The lowest BCUT2D eigenvalue weighted by atomic mass is 10.0. The molecule has 3 N–H and O–H groups in total. The number of nitrogens with two attached hydrogens (primary N) is 1. The molecule has 224 valence electrons. The van der Waals surface area contributed by atoms with Gasteiger partial charge in [-0.3, -0.25) is 0 Å². The van der Waals surface area contributed by atoms with Crippen molar-refractivity contribution in [3.63, 3.8) is 0 Å². The molecule has 0 fully saturated rings. The normalized spacial score (nSPS) is 11.5. The van der Waals surface area contributed by atoms with Crippen molar-refractivity contribution in [2.75, 3.05) is 13.2 Å². The average Bonchev–Trinajstić information content (AvgIpc) is 2.91. The van der Waals surface area contributed by atoms with Gasteiger partial charge in [0.2, 0.25) is 0 Å². The second kappa shape index (κ2) is 35.9. The fraction of sp³-hybridized carbons (Fsp3) is 1.00. The molecule has 0 unspecified atom stereocenters. The van der Waals surface area contributed by atoms with E-state index in [4.69, 9.17) is 10.8 Å². The summed E-state index contributed by atoms with van der Waals surface area (Å²) in [4.78, 5) is 0. The van der Waals surface area contributed by atoms with E-state index in [9.17, 15) is 0 Å². The van der Waals surface area contributed by atoms with Gasteiger partial charge in [0.05, 0.1) is 0 Å². The molecule has 0 aliphatic heterocycles. The molecule has 0 aromatic carbocycles. The average molecular weight is 524 g/mol. The van der Waals surface area contributed by atoms with E-state index in [0.717, 1.165) is 13.0 Å². The quantitative estimate of drug-likeness (QED) is 0.0823. The molecule has 37 heavy (non-hydrogen) atoms. The molecule has 0 amide bonds. The number of rotatable bonds is 34. The highest BCUT2D eigenvalue weighted by Crippen LogP contribution is 2.16. The zero-order chi connectivity index (χ0) is 26.7. The Bertz CT molecular complexity index is 338. The molecule has 0 aliphatic rings. The van der Waals surface area contributed by atoms with Crippen molar-refractivity contribution in [1.82, 2.24) is 0 Å². The Morgan fingerprint density at radius 3 is 0.486 bits per heavy atom. The van der Waals surface area contributed by atoms with Crippen LogP contribution in [-0.4, -0.2) is 18.3 Å². The molecular weight excluding hydrogens is 450 g/mol. The third kappa shape index (κ3) is 35.9. The highest BCUT2D eigenvalue weighted by Gasteiger charge is 1.97. The van der Waals surface area contributed by atoms with Gasteiger partial charge in [0, 0.05) is 6.61 Å². The summed E-state index contributed by atoms with van der Waals surface area (Å²) in [5, 5.41) is 8.78. The van der Waals surface area contributed by atoms with Crippen LogP contribution < -0.4 is 5.73 Å². The van der Waals surface area contributed by atoms with Crippen molar-refractivity contribution in [2.24, 2.45) is 5.73 Å². The Morgan fingerprint density at radius 1 is 0.216 bits per heavy atom. The van der Waals surface area contributed by atoms with Gasteiger partial charge in [0.15, 0.2) is 0 Å². The predicted molar refractivity (Wildman–Crippen MR) is 169 cm³/mol. The first-order valence-electron chi connectivity index (χ1n) is 17.7. The molecule has 0 aromatic rings. The number of aliphatic hydroxyl groups is 1. The van der Waals surface area contributed by atoms with Gasteiger partial charge in [-0.25, -0.2) is 0 Å². The van der Waals surface area contributed by atoms with Gasteiger partial charge in [0.1, 0.15) is 0 Å². The van der Waals surface area contributed by atoms with Crippen LogP contribution in [0.5, 0.6) is 0 Å². The third-order valence-corrected chi connectivity index (χ3v) is 8.36. The van der Waals surface area contributed by atoms with Gasteiger partial charge in [-0.05, 0) is 19.4 Å². The smallest absolute Gasteiger partial charge is 0.0431 e. The maximum atomic E-state index is 8.78. The van der Waals surface area contributed by atoms with Crippen LogP contribution in [0.25, 0.3) is 0 Å². The highest BCUT2D eigenvalue weighted by molar-refractivity contribution is 4.53. The first kappa shape index (κ1) is 36.9. The summed E-state index contributed by atoms with van der Waals surface area (Å²) in [5.41, 5.74) is 5.54. The maximum absolute atomic E-state index is 8.78. The van der Waals surface area contributed by atoms with E-state index >= 15 is 0 Å². The van der Waals surface area contributed by atoms with Crippen LogP contribution in [0.4, 0.5) is 0 Å². The topological polar surface area (TPSA) is 46.2 Å². The van der Waals surface area contributed by atoms with Crippen LogP contribution in [0, 0.1) is 0 Å². The fourth-order valence-electron chi connectivity index (χ4n) is 5.74. The molecule has 0 saturated carbocycles. The summed E-state index contributed by atoms with van der Waals surface area (Å²) in [7, 11) is 0. The third-order valence-electron chi connectivity index (χ3n) is 8.36. The number of aliphatic hydroxyl groups excluding tert-OH is 1. The fourth-order valence-corrected chi connectivity index (χ4v) is 5.74. The summed E-state index contributed by atoms with van der Waals surface area (Å²) in [6.45, 7) is 1.24. The highest BCUT2D eigenvalue weighted by atomic mass is 16.2. The summed E-state index contributed by atoms with van der Waals surface area (Å²) < 4.78 is 0. The number of hydrogen-bond acceptors (Lipinski definition) is 2. The molecule has 0 radical (unpaired) electrons.